The molecule has 84 heavy (non-hydrogen) atoms. The van der Waals surface area contributed by atoms with Gasteiger partial charge in [0.1, 0.15) is 22.3 Å². The number of para-hydroxylation sites is 5. The first-order chi connectivity index (χ1) is 41.0. The van der Waals surface area contributed by atoms with Crippen LogP contribution in [0.1, 0.15) is 124 Å². The Morgan fingerprint density at radius 3 is 1.14 bits per heavy atom. The zero-order valence-corrected chi connectivity index (χ0v) is 48.5. The van der Waals surface area contributed by atoms with E-state index in [9.17, 15) is 0 Å². The molecule has 0 saturated carbocycles. The molecule has 5 nitrogen and oxygen atoms in total. The number of aromatic nitrogens is 3. The topological polar surface area (TPSA) is 41.1 Å². The van der Waals surface area contributed by atoms with E-state index in [0.717, 1.165) is 72.1 Å². The molecule has 404 valence electrons. The Balaban J connectivity index is 1.09. The normalized spacial score (nSPS) is 13.8. The molecule has 0 fully saturated rings. The molecule has 0 radical (unpaired) electrons. The molecular weight excluding hydrogens is 1020 g/mol. The van der Waals surface area contributed by atoms with Gasteiger partial charge in [-0.1, -0.05) is 171 Å². The first-order valence-electron chi connectivity index (χ1n) is 30.3. The fourth-order valence-corrected chi connectivity index (χ4v) is 15.7. The van der Waals surface area contributed by atoms with Crippen molar-refractivity contribution < 1.29 is 8.83 Å². The van der Waals surface area contributed by atoms with Gasteiger partial charge in [-0.3, -0.25) is 0 Å². The van der Waals surface area contributed by atoms with E-state index in [-0.39, 0.29) is 0 Å². The van der Waals surface area contributed by atoms with Crippen LogP contribution in [0.25, 0.3) is 137 Å². The van der Waals surface area contributed by atoms with Crippen molar-refractivity contribution in [3.63, 3.8) is 0 Å². The van der Waals surface area contributed by atoms with E-state index < -0.39 is 5.41 Å². The number of fused-ring (bicyclic) bond motifs is 26. The van der Waals surface area contributed by atoms with E-state index in [2.05, 4.69) is 269 Å². The molecule has 6 heterocycles. The summed E-state index contributed by atoms with van der Waals surface area (Å²) >= 11 is 0. The molecule has 0 N–H and O–H groups in total. The van der Waals surface area contributed by atoms with E-state index >= 15 is 0 Å². The second kappa shape index (κ2) is 16.8. The van der Waals surface area contributed by atoms with E-state index in [1.807, 2.05) is 0 Å². The number of hydrogen-bond donors (Lipinski definition) is 0. The second-order valence-electron chi connectivity index (χ2n) is 25.5. The Morgan fingerprint density at radius 2 is 0.679 bits per heavy atom. The molecule has 11 aromatic carbocycles. The molecule has 0 atom stereocenters. The van der Waals surface area contributed by atoms with Crippen LogP contribution >= 0.6 is 0 Å². The van der Waals surface area contributed by atoms with Gasteiger partial charge >= 0.3 is 0 Å². The van der Waals surface area contributed by atoms with Gasteiger partial charge in [-0.05, 0) is 153 Å². The van der Waals surface area contributed by atoms with Crippen LogP contribution in [0.4, 0.5) is 0 Å². The predicted molar refractivity (Wildman–Crippen MR) is 351 cm³/mol. The summed E-state index contributed by atoms with van der Waals surface area (Å²) in [6.07, 6.45) is 0. The van der Waals surface area contributed by atoms with Crippen molar-refractivity contribution >= 4 is 109 Å². The number of benzene rings is 11. The minimum atomic E-state index is -0.905. The van der Waals surface area contributed by atoms with Crippen molar-refractivity contribution in [3.05, 3.63) is 245 Å². The van der Waals surface area contributed by atoms with Gasteiger partial charge < -0.3 is 22.5 Å². The third kappa shape index (κ3) is 5.99. The van der Waals surface area contributed by atoms with Gasteiger partial charge in [-0.25, -0.2) is 0 Å². The van der Waals surface area contributed by atoms with Crippen LogP contribution in [0.15, 0.2) is 209 Å². The van der Waals surface area contributed by atoms with Crippen LogP contribution in [-0.4, -0.2) is 13.7 Å². The molecule has 2 aliphatic rings. The van der Waals surface area contributed by atoms with Crippen molar-refractivity contribution in [2.45, 2.75) is 84.5 Å². The van der Waals surface area contributed by atoms with Crippen molar-refractivity contribution in [2.24, 2.45) is 0 Å². The summed E-state index contributed by atoms with van der Waals surface area (Å²) in [5.41, 5.74) is 25.2. The molecule has 1 aliphatic heterocycles. The Morgan fingerprint density at radius 1 is 0.298 bits per heavy atom. The Bertz CT molecular complexity index is 5190. The third-order valence-corrected chi connectivity index (χ3v) is 19.7. The summed E-state index contributed by atoms with van der Waals surface area (Å²) in [7, 11) is 0. The SMILES string of the molecule is CC(C)c1ccc2c(c1)c1cc(C(C)C)ccc1n2-c1cc2c(c3oc4ccccc4c13)-c1c(cc(-n3c4ccc(C(C)C)cc4c4cc(C(C)C)ccc43)c3c1oc1ccccc13)C21c2ccccc2-n2c3ccccc3c3cccc1c32. The lowest BCUT2D eigenvalue weighted by molar-refractivity contribution is 0.665. The molecular formula is C79H61N3O2. The first-order valence-corrected chi connectivity index (χ1v) is 30.3. The highest BCUT2D eigenvalue weighted by molar-refractivity contribution is 6.25. The van der Waals surface area contributed by atoms with E-state index in [0.29, 0.717) is 23.7 Å². The number of furan rings is 2. The lowest BCUT2D eigenvalue weighted by Gasteiger charge is -2.40. The average molecular weight is 1080 g/mol. The van der Waals surface area contributed by atoms with Crippen LogP contribution in [0.5, 0.6) is 0 Å². The zero-order chi connectivity index (χ0) is 56.3. The van der Waals surface area contributed by atoms with Crippen molar-refractivity contribution in [1.82, 2.24) is 13.7 Å². The lowest BCUT2D eigenvalue weighted by Crippen LogP contribution is -2.33. The summed E-state index contributed by atoms with van der Waals surface area (Å²) in [6.45, 7) is 18.4. The van der Waals surface area contributed by atoms with Gasteiger partial charge in [0, 0.05) is 54.2 Å². The first kappa shape index (κ1) is 48.0. The van der Waals surface area contributed by atoms with Crippen molar-refractivity contribution in [2.75, 3.05) is 0 Å². The monoisotopic (exact) mass is 1080 g/mol. The summed E-state index contributed by atoms with van der Waals surface area (Å²) in [4.78, 5) is 0. The second-order valence-corrected chi connectivity index (χ2v) is 25.5. The number of hydrogen-bond acceptors (Lipinski definition) is 2. The largest absolute Gasteiger partial charge is 0.455 e. The number of rotatable bonds is 6. The van der Waals surface area contributed by atoms with Gasteiger partial charge in [-0.2, -0.15) is 0 Å². The lowest BCUT2D eigenvalue weighted by atomic mass is 9.65. The molecule has 5 aromatic heterocycles. The predicted octanol–water partition coefficient (Wildman–Crippen LogP) is 21.9. The van der Waals surface area contributed by atoms with Crippen molar-refractivity contribution in [3.8, 4) is 28.2 Å². The Kier molecular flexibility index (Phi) is 9.60. The fourth-order valence-electron chi connectivity index (χ4n) is 15.7. The van der Waals surface area contributed by atoms with Crippen LogP contribution in [0.3, 0.4) is 0 Å². The average Bonchev–Trinajstić information content (AvgIpc) is 1.66. The molecule has 1 aliphatic carbocycles. The highest BCUT2D eigenvalue weighted by Crippen LogP contribution is 2.66. The van der Waals surface area contributed by atoms with Crippen molar-refractivity contribution in [1.29, 1.82) is 0 Å². The van der Waals surface area contributed by atoms with Crippen LogP contribution < -0.4 is 0 Å². The molecule has 18 rings (SSSR count). The minimum Gasteiger partial charge on any atom is -0.455 e. The van der Waals surface area contributed by atoms with E-state index in [1.165, 1.54) is 110 Å². The van der Waals surface area contributed by atoms with Crippen LogP contribution in [0.2, 0.25) is 0 Å². The van der Waals surface area contributed by atoms with E-state index in [4.69, 9.17) is 8.83 Å². The molecule has 16 aromatic rings. The smallest absolute Gasteiger partial charge is 0.145 e. The van der Waals surface area contributed by atoms with Gasteiger partial charge in [0.05, 0.1) is 66.3 Å². The minimum absolute atomic E-state index is 0.367. The summed E-state index contributed by atoms with van der Waals surface area (Å²) in [5.74, 6) is 1.47. The maximum absolute atomic E-state index is 7.67. The molecule has 1 spiro atoms. The van der Waals surface area contributed by atoms with Gasteiger partial charge in [-0.15, -0.1) is 0 Å². The van der Waals surface area contributed by atoms with Gasteiger partial charge in [0.15, 0.2) is 0 Å². The molecule has 0 amide bonds. The third-order valence-electron chi connectivity index (χ3n) is 19.7. The van der Waals surface area contributed by atoms with Gasteiger partial charge in [0.25, 0.3) is 0 Å². The maximum Gasteiger partial charge on any atom is 0.145 e. The molecule has 0 bridgehead atoms. The molecule has 0 saturated heterocycles. The summed E-state index contributed by atoms with van der Waals surface area (Å²) in [5, 5.41) is 11.8. The summed E-state index contributed by atoms with van der Waals surface area (Å²) < 4.78 is 23.0. The van der Waals surface area contributed by atoms with Gasteiger partial charge in [0.2, 0.25) is 0 Å². The van der Waals surface area contributed by atoms with Crippen LogP contribution in [-0.2, 0) is 5.41 Å². The zero-order valence-electron chi connectivity index (χ0n) is 48.5. The Labute approximate surface area is 486 Å². The quantitative estimate of drug-likeness (QED) is 0.166. The molecule has 0 unspecified atom stereocenters. The maximum atomic E-state index is 7.67. The Hall–Kier alpha value is -9.58. The fraction of sp³-hybridized carbons (Fsp3) is 0.165. The number of nitrogens with zero attached hydrogens (tertiary/aromatic N) is 3. The highest BCUT2D eigenvalue weighted by Gasteiger charge is 2.54. The van der Waals surface area contributed by atoms with E-state index in [1.54, 1.807) is 0 Å². The summed E-state index contributed by atoms with van der Waals surface area (Å²) in [6, 6.07) is 76.6. The molecule has 5 heteroatoms. The highest BCUT2D eigenvalue weighted by atomic mass is 16.3. The standard InChI is InChI=1S/C79H61N3O2/c1-42(2)46-28-32-63-54(36-46)55-37-47(43(3)4)29-33-64(55)80(63)68-40-60-74(77-72(68)52-19-10-15-26-70(52)83-77)75-61(79(60)58-22-12-14-25-67(58)82-62-24-13-9-18-50(62)51-21-17-23-59(79)76(51)82)41-69(73-53-20-11-16-27-71(53)84-78(73)75)81-65-34-30-48(44(5)6)38-56(65)57-39-49(45(7)8)31-35-66(57)81/h9-45H,1-8H3. The van der Waals surface area contributed by atoms with Crippen LogP contribution in [0, 0.1) is 0 Å².